The maximum Gasteiger partial charge on any atom is 0.115 e. The highest BCUT2D eigenvalue weighted by Gasteiger charge is 2.28. The highest BCUT2D eigenvalue weighted by molar-refractivity contribution is 7.92. The highest BCUT2D eigenvalue weighted by Crippen LogP contribution is 2.27. The van der Waals surface area contributed by atoms with Gasteiger partial charge in [0.2, 0.25) is 0 Å². The maximum absolute atomic E-state index is 11.5. The van der Waals surface area contributed by atoms with E-state index in [1.165, 1.54) is 44.9 Å². The van der Waals surface area contributed by atoms with Crippen LogP contribution in [0, 0.1) is 0 Å². The molecule has 0 radical (unpaired) electrons. The van der Waals surface area contributed by atoms with Crippen LogP contribution in [0.2, 0.25) is 0 Å². The molecule has 0 N–H and O–H groups in total. The fourth-order valence-electron chi connectivity index (χ4n) is 1.47. The van der Waals surface area contributed by atoms with E-state index < -0.39 is 11.2 Å². The van der Waals surface area contributed by atoms with Crippen molar-refractivity contribution < 1.29 is 4.55 Å². The SMILES string of the molecule is CCCCCC[S+]([O-])C1CCC1. The van der Waals surface area contributed by atoms with Crippen molar-refractivity contribution in [1.82, 2.24) is 0 Å². The first-order valence-corrected chi connectivity index (χ1v) is 6.60. The molecule has 1 unspecified atom stereocenters. The number of hydrogen-bond acceptors (Lipinski definition) is 1. The third-order valence-electron chi connectivity index (χ3n) is 2.62. The Morgan fingerprint density at radius 2 is 2.00 bits per heavy atom. The monoisotopic (exact) mass is 188 g/mol. The molecule has 0 saturated heterocycles. The van der Waals surface area contributed by atoms with Crippen molar-refractivity contribution in [3.63, 3.8) is 0 Å². The van der Waals surface area contributed by atoms with Crippen molar-refractivity contribution in [2.24, 2.45) is 0 Å². The summed E-state index contributed by atoms with van der Waals surface area (Å²) in [7, 11) is 0. The minimum absolute atomic E-state index is 0.481. The van der Waals surface area contributed by atoms with Crippen LogP contribution in [-0.4, -0.2) is 15.6 Å². The lowest BCUT2D eigenvalue weighted by molar-refractivity contribution is 0.475. The van der Waals surface area contributed by atoms with Crippen LogP contribution in [0.25, 0.3) is 0 Å². The molecule has 0 amide bonds. The van der Waals surface area contributed by atoms with Crippen molar-refractivity contribution in [3.8, 4) is 0 Å². The van der Waals surface area contributed by atoms with Gasteiger partial charge in [-0.1, -0.05) is 30.9 Å². The maximum atomic E-state index is 11.5. The number of unbranched alkanes of at least 4 members (excludes halogenated alkanes) is 3. The zero-order valence-corrected chi connectivity index (χ0v) is 8.87. The largest absolute Gasteiger partial charge is 0.616 e. The zero-order chi connectivity index (χ0) is 8.81. The van der Waals surface area contributed by atoms with Crippen LogP contribution in [0.1, 0.15) is 51.9 Å². The molecule has 1 nitrogen and oxygen atoms in total. The summed E-state index contributed by atoms with van der Waals surface area (Å²) < 4.78 is 11.5. The van der Waals surface area contributed by atoms with E-state index in [4.69, 9.17) is 0 Å². The predicted octanol–water partition coefficient (Wildman–Crippen LogP) is 2.87. The third-order valence-corrected chi connectivity index (χ3v) is 4.53. The van der Waals surface area contributed by atoms with Crippen LogP contribution in [0.5, 0.6) is 0 Å². The Hall–Kier alpha value is 0.310. The van der Waals surface area contributed by atoms with E-state index in [1.54, 1.807) is 0 Å². The van der Waals surface area contributed by atoms with Gasteiger partial charge in [0.25, 0.3) is 0 Å². The van der Waals surface area contributed by atoms with Crippen molar-refractivity contribution in [1.29, 1.82) is 0 Å². The van der Waals surface area contributed by atoms with E-state index in [9.17, 15) is 4.55 Å². The molecule has 0 bridgehead atoms. The normalized spacial score (nSPS) is 20.5. The molecule has 0 spiro atoms. The molecule has 1 aliphatic rings. The summed E-state index contributed by atoms with van der Waals surface area (Å²) in [6.07, 6.45) is 8.79. The molecule has 1 saturated carbocycles. The van der Waals surface area contributed by atoms with E-state index >= 15 is 0 Å². The third kappa shape index (κ3) is 3.36. The quantitative estimate of drug-likeness (QED) is 0.464. The van der Waals surface area contributed by atoms with Crippen molar-refractivity contribution in [2.45, 2.75) is 57.1 Å². The first-order chi connectivity index (χ1) is 5.84. The molecule has 0 heterocycles. The first-order valence-electron chi connectivity index (χ1n) is 5.21. The minimum atomic E-state index is -0.481. The fraction of sp³-hybridized carbons (Fsp3) is 1.00. The van der Waals surface area contributed by atoms with Gasteiger partial charge in [-0.15, -0.1) is 0 Å². The van der Waals surface area contributed by atoms with Crippen LogP contribution in [-0.2, 0) is 11.2 Å². The summed E-state index contributed by atoms with van der Waals surface area (Å²) in [6.45, 7) is 2.21. The molecule has 1 rings (SSSR count). The standard InChI is InChI=1S/C10H20OS/c1-2-3-4-5-9-12(11)10-7-6-8-10/h10H,2-9H2,1H3. The Morgan fingerprint density at radius 1 is 1.25 bits per heavy atom. The van der Waals surface area contributed by atoms with Crippen molar-refractivity contribution in [3.05, 3.63) is 0 Å². The van der Waals surface area contributed by atoms with Gasteiger partial charge in [-0.2, -0.15) is 0 Å². The van der Waals surface area contributed by atoms with Crippen LogP contribution < -0.4 is 0 Å². The fourth-order valence-corrected chi connectivity index (χ4v) is 3.15. The van der Waals surface area contributed by atoms with Gasteiger partial charge in [0.05, 0.1) is 0 Å². The summed E-state index contributed by atoms with van der Waals surface area (Å²) in [4.78, 5) is 0. The minimum Gasteiger partial charge on any atom is -0.616 e. The molecule has 0 aromatic heterocycles. The van der Waals surface area contributed by atoms with Gasteiger partial charge in [-0.25, -0.2) is 0 Å². The molecule has 1 fully saturated rings. The molecule has 12 heavy (non-hydrogen) atoms. The highest BCUT2D eigenvalue weighted by atomic mass is 32.2. The molecule has 0 aromatic rings. The molecule has 72 valence electrons. The molecule has 0 aliphatic heterocycles. The Balaban J connectivity index is 1.91. The van der Waals surface area contributed by atoms with Crippen LogP contribution in [0.4, 0.5) is 0 Å². The molecule has 0 aromatic carbocycles. The van der Waals surface area contributed by atoms with Crippen molar-refractivity contribution in [2.75, 3.05) is 5.75 Å². The summed E-state index contributed by atoms with van der Waals surface area (Å²) in [6, 6.07) is 0. The summed E-state index contributed by atoms with van der Waals surface area (Å²) in [5.41, 5.74) is 0. The molecular weight excluding hydrogens is 168 g/mol. The first kappa shape index (κ1) is 10.4. The Labute approximate surface area is 79.1 Å². The van der Waals surface area contributed by atoms with Gasteiger partial charge in [0.15, 0.2) is 0 Å². The van der Waals surface area contributed by atoms with Crippen LogP contribution in [0.3, 0.4) is 0 Å². The number of hydrogen-bond donors (Lipinski definition) is 0. The molecule has 2 heteroatoms. The van der Waals surface area contributed by atoms with Crippen LogP contribution >= 0.6 is 0 Å². The van der Waals surface area contributed by atoms with E-state index in [0.29, 0.717) is 5.25 Å². The van der Waals surface area contributed by atoms with Crippen molar-refractivity contribution >= 4 is 11.2 Å². The van der Waals surface area contributed by atoms with Crippen LogP contribution in [0.15, 0.2) is 0 Å². The second-order valence-corrected chi connectivity index (χ2v) is 5.53. The summed E-state index contributed by atoms with van der Waals surface area (Å²) in [5, 5.41) is 0.576. The second kappa shape index (κ2) is 5.87. The lowest BCUT2D eigenvalue weighted by atomic mass is 10.00. The topological polar surface area (TPSA) is 23.1 Å². The second-order valence-electron chi connectivity index (χ2n) is 3.70. The average molecular weight is 188 g/mol. The van der Waals surface area contributed by atoms with E-state index in [-0.39, 0.29) is 0 Å². The average Bonchev–Trinajstić information content (AvgIpc) is 1.95. The van der Waals surface area contributed by atoms with E-state index in [0.717, 1.165) is 5.75 Å². The molecule has 1 atom stereocenters. The van der Waals surface area contributed by atoms with E-state index in [1.807, 2.05) is 0 Å². The smallest absolute Gasteiger partial charge is 0.115 e. The molecular formula is C10H20OS. The summed E-state index contributed by atoms with van der Waals surface area (Å²) in [5.74, 6) is 0.963. The van der Waals surface area contributed by atoms with Gasteiger partial charge in [-0.05, 0) is 32.1 Å². The Kier molecular flexibility index (Phi) is 5.08. The molecule has 1 aliphatic carbocycles. The predicted molar refractivity (Wildman–Crippen MR) is 54.8 cm³/mol. The van der Waals surface area contributed by atoms with Gasteiger partial charge in [-0.3, -0.25) is 0 Å². The lowest BCUT2D eigenvalue weighted by Gasteiger charge is -2.28. The van der Waals surface area contributed by atoms with E-state index in [2.05, 4.69) is 6.92 Å². The van der Waals surface area contributed by atoms with Gasteiger partial charge < -0.3 is 4.55 Å². The Morgan fingerprint density at radius 3 is 2.50 bits per heavy atom. The number of rotatable bonds is 6. The zero-order valence-electron chi connectivity index (χ0n) is 8.05. The van der Waals surface area contributed by atoms with Gasteiger partial charge in [0, 0.05) is 0 Å². The Bertz CT molecular complexity index is 112. The lowest BCUT2D eigenvalue weighted by Crippen LogP contribution is -2.30. The summed E-state index contributed by atoms with van der Waals surface area (Å²) >= 11 is -0.481. The van der Waals surface area contributed by atoms with Gasteiger partial charge >= 0.3 is 0 Å². The van der Waals surface area contributed by atoms with Gasteiger partial charge in [0.1, 0.15) is 11.0 Å².